The second-order valence-corrected chi connectivity index (χ2v) is 6.66. The second kappa shape index (κ2) is 8.37. The lowest BCUT2D eigenvalue weighted by molar-refractivity contribution is 0.0328. The molecular weight excluding hydrogens is 340 g/mol. The molecule has 140 valence electrons. The number of benzene rings is 2. The molecule has 5 heteroatoms. The lowest BCUT2D eigenvalue weighted by Gasteiger charge is -2.19. The van der Waals surface area contributed by atoms with E-state index in [1.54, 1.807) is 7.11 Å². The van der Waals surface area contributed by atoms with Crippen LogP contribution >= 0.6 is 0 Å². The summed E-state index contributed by atoms with van der Waals surface area (Å²) in [7, 11) is 1.69. The Morgan fingerprint density at radius 3 is 2.63 bits per heavy atom. The van der Waals surface area contributed by atoms with E-state index in [4.69, 9.17) is 19.3 Å². The van der Waals surface area contributed by atoms with Crippen LogP contribution in [-0.2, 0) is 22.4 Å². The zero-order valence-corrected chi connectivity index (χ0v) is 15.5. The van der Waals surface area contributed by atoms with E-state index in [2.05, 4.69) is 24.3 Å². The van der Waals surface area contributed by atoms with E-state index in [1.807, 2.05) is 47.3 Å². The fourth-order valence-electron chi connectivity index (χ4n) is 3.31. The molecular formula is C22H24N2O3. The van der Waals surface area contributed by atoms with Crippen molar-refractivity contribution in [3.8, 4) is 17.0 Å². The van der Waals surface area contributed by atoms with Crippen molar-refractivity contribution in [3.63, 3.8) is 0 Å². The number of rotatable bonds is 7. The summed E-state index contributed by atoms with van der Waals surface area (Å²) >= 11 is 0. The van der Waals surface area contributed by atoms with Crippen LogP contribution in [0, 0.1) is 0 Å². The summed E-state index contributed by atoms with van der Waals surface area (Å²) in [6.07, 6.45) is 2.83. The van der Waals surface area contributed by atoms with E-state index in [9.17, 15) is 0 Å². The van der Waals surface area contributed by atoms with E-state index in [0.29, 0.717) is 13.2 Å². The lowest BCUT2D eigenvalue weighted by atomic mass is 10.1. The Morgan fingerprint density at radius 1 is 1.00 bits per heavy atom. The predicted octanol–water partition coefficient (Wildman–Crippen LogP) is 3.59. The van der Waals surface area contributed by atoms with Crippen molar-refractivity contribution < 1.29 is 14.2 Å². The monoisotopic (exact) mass is 364 g/mol. The normalized spacial score (nSPS) is 19.3. The molecule has 0 amide bonds. The predicted molar refractivity (Wildman–Crippen MR) is 104 cm³/mol. The molecule has 0 N–H and O–H groups in total. The molecule has 1 aromatic heterocycles. The van der Waals surface area contributed by atoms with Crippen LogP contribution in [0.5, 0.6) is 5.75 Å². The van der Waals surface area contributed by atoms with Gasteiger partial charge in [0, 0.05) is 25.4 Å². The molecule has 3 aromatic rings. The molecule has 0 aliphatic carbocycles. The van der Waals surface area contributed by atoms with Crippen LogP contribution in [0.15, 0.2) is 66.9 Å². The molecule has 2 aromatic carbocycles. The Balaban J connectivity index is 1.48. The van der Waals surface area contributed by atoms with Crippen LogP contribution in [0.3, 0.4) is 0 Å². The average Bonchev–Trinajstić information content (AvgIpc) is 3.37. The Hall–Kier alpha value is -2.63. The number of hydrogen-bond acceptors (Lipinski definition) is 4. The highest BCUT2D eigenvalue weighted by Gasteiger charge is 2.30. The van der Waals surface area contributed by atoms with E-state index >= 15 is 0 Å². The van der Waals surface area contributed by atoms with Crippen LogP contribution in [-0.4, -0.2) is 42.3 Å². The summed E-state index contributed by atoms with van der Waals surface area (Å²) in [5, 5.41) is 4.74. The molecule has 1 aliphatic heterocycles. The topological polar surface area (TPSA) is 45.5 Å². The molecule has 27 heavy (non-hydrogen) atoms. The number of aryl methyl sites for hydroxylation is 2. The van der Waals surface area contributed by atoms with Gasteiger partial charge in [-0.05, 0) is 30.2 Å². The first-order valence-electron chi connectivity index (χ1n) is 9.27. The number of nitrogens with zero attached hydrogens (tertiary/aromatic N) is 2. The van der Waals surface area contributed by atoms with Crippen molar-refractivity contribution in [2.75, 3.05) is 20.3 Å². The number of hydrogen-bond donors (Lipinski definition) is 0. The fraction of sp³-hybridized carbons (Fsp3) is 0.318. The van der Waals surface area contributed by atoms with Crippen molar-refractivity contribution in [3.05, 3.63) is 72.4 Å². The zero-order valence-electron chi connectivity index (χ0n) is 15.5. The Kier molecular flexibility index (Phi) is 5.51. The van der Waals surface area contributed by atoms with E-state index in [1.165, 1.54) is 5.56 Å². The highest BCUT2D eigenvalue weighted by Crippen LogP contribution is 2.30. The first kappa shape index (κ1) is 17.8. The summed E-state index contributed by atoms with van der Waals surface area (Å²) in [6.45, 7) is 1.95. The van der Waals surface area contributed by atoms with Crippen molar-refractivity contribution in [2.45, 2.75) is 25.2 Å². The molecule has 0 bridgehead atoms. The molecule has 1 fully saturated rings. The van der Waals surface area contributed by atoms with Gasteiger partial charge in [0.05, 0.1) is 18.9 Å². The first-order chi connectivity index (χ1) is 13.3. The number of para-hydroxylation sites is 1. The van der Waals surface area contributed by atoms with Gasteiger partial charge < -0.3 is 14.2 Å². The van der Waals surface area contributed by atoms with Gasteiger partial charge in [0.15, 0.2) is 6.10 Å². The van der Waals surface area contributed by atoms with Crippen molar-refractivity contribution in [1.82, 2.24) is 9.78 Å². The molecule has 0 saturated carbocycles. The zero-order chi connectivity index (χ0) is 18.5. The number of aromatic nitrogens is 2. The van der Waals surface area contributed by atoms with Crippen LogP contribution in [0.25, 0.3) is 11.3 Å². The van der Waals surface area contributed by atoms with E-state index in [-0.39, 0.29) is 12.2 Å². The van der Waals surface area contributed by atoms with Crippen molar-refractivity contribution >= 4 is 0 Å². The van der Waals surface area contributed by atoms with Gasteiger partial charge in [0.2, 0.25) is 0 Å². The average molecular weight is 364 g/mol. The SMILES string of the molecule is COC1COC[C@H]1Oc1ccccc1-c1ccn(CCc2ccccc2)n1. The highest BCUT2D eigenvalue weighted by molar-refractivity contribution is 5.66. The third-order valence-electron chi connectivity index (χ3n) is 4.84. The van der Waals surface area contributed by atoms with E-state index in [0.717, 1.165) is 30.0 Å². The summed E-state index contributed by atoms with van der Waals surface area (Å²) in [6, 6.07) is 20.5. The Labute approximate surface area is 159 Å². The number of ether oxygens (including phenoxy) is 3. The molecule has 2 atom stereocenters. The van der Waals surface area contributed by atoms with Crippen LogP contribution < -0.4 is 4.74 Å². The highest BCUT2D eigenvalue weighted by atomic mass is 16.6. The maximum Gasteiger partial charge on any atom is 0.150 e. The van der Waals surface area contributed by atoms with Gasteiger partial charge in [0.25, 0.3) is 0 Å². The molecule has 4 rings (SSSR count). The third-order valence-corrected chi connectivity index (χ3v) is 4.84. The lowest BCUT2D eigenvalue weighted by Crippen LogP contribution is -2.31. The summed E-state index contributed by atoms with van der Waals surface area (Å²) in [4.78, 5) is 0. The van der Waals surface area contributed by atoms with Gasteiger partial charge in [-0.25, -0.2) is 0 Å². The summed E-state index contributed by atoms with van der Waals surface area (Å²) < 4.78 is 19.1. The minimum absolute atomic E-state index is 0.0403. The molecule has 0 spiro atoms. The van der Waals surface area contributed by atoms with Gasteiger partial charge in [-0.15, -0.1) is 0 Å². The molecule has 1 unspecified atom stereocenters. The van der Waals surface area contributed by atoms with Crippen LogP contribution in [0.2, 0.25) is 0 Å². The van der Waals surface area contributed by atoms with Gasteiger partial charge in [0.1, 0.15) is 11.9 Å². The van der Waals surface area contributed by atoms with Crippen LogP contribution in [0.1, 0.15) is 5.56 Å². The smallest absolute Gasteiger partial charge is 0.150 e. The maximum absolute atomic E-state index is 6.20. The molecule has 0 radical (unpaired) electrons. The van der Waals surface area contributed by atoms with Crippen molar-refractivity contribution in [2.24, 2.45) is 0 Å². The van der Waals surface area contributed by atoms with E-state index < -0.39 is 0 Å². The fourth-order valence-corrected chi connectivity index (χ4v) is 3.31. The number of methoxy groups -OCH3 is 1. The minimum Gasteiger partial charge on any atom is -0.484 e. The first-order valence-corrected chi connectivity index (χ1v) is 9.27. The Bertz CT molecular complexity index is 863. The van der Waals surface area contributed by atoms with Gasteiger partial charge in [-0.3, -0.25) is 4.68 Å². The van der Waals surface area contributed by atoms with Gasteiger partial charge >= 0.3 is 0 Å². The second-order valence-electron chi connectivity index (χ2n) is 6.66. The van der Waals surface area contributed by atoms with Crippen molar-refractivity contribution in [1.29, 1.82) is 0 Å². The summed E-state index contributed by atoms with van der Waals surface area (Å²) in [5.41, 5.74) is 3.20. The molecule has 5 nitrogen and oxygen atoms in total. The quantitative estimate of drug-likeness (QED) is 0.643. The molecule has 1 saturated heterocycles. The van der Waals surface area contributed by atoms with Gasteiger partial charge in [-0.2, -0.15) is 5.10 Å². The van der Waals surface area contributed by atoms with Crippen LogP contribution in [0.4, 0.5) is 0 Å². The standard InChI is InChI=1S/C22H24N2O3/c1-25-21-15-26-16-22(21)27-20-10-6-5-9-18(20)19-12-14-24(23-19)13-11-17-7-3-2-4-8-17/h2-10,12,14,21-22H,11,13,15-16H2,1H3/t21?,22-/m1/s1. The molecule has 1 aliphatic rings. The summed E-state index contributed by atoms with van der Waals surface area (Å²) in [5.74, 6) is 0.809. The maximum atomic E-state index is 6.20. The molecule has 2 heterocycles. The minimum atomic E-state index is -0.101. The Morgan fingerprint density at radius 2 is 1.78 bits per heavy atom. The van der Waals surface area contributed by atoms with Gasteiger partial charge in [-0.1, -0.05) is 42.5 Å². The largest absolute Gasteiger partial charge is 0.484 e. The third kappa shape index (κ3) is 4.21.